The van der Waals surface area contributed by atoms with E-state index in [1.54, 1.807) is 6.92 Å². The van der Waals surface area contributed by atoms with Gasteiger partial charge in [0.1, 0.15) is 11.6 Å². The zero-order valence-corrected chi connectivity index (χ0v) is 8.98. The molecule has 15 heavy (non-hydrogen) atoms. The third-order valence-corrected chi connectivity index (χ3v) is 1.76. The Morgan fingerprint density at radius 1 is 1.13 bits per heavy atom. The standard InChI is InChI=1S/C9H13N3O3/c1-4-6(13)5-7-10-8(14-2)12-9(11-7)15-3/h4-5H2,1-3H3. The maximum Gasteiger partial charge on any atom is 0.322 e. The molecule has 0 spiro atoms. The highest BCUT2D eigenvalue weighted by atomic mass is 16.5. The van der Waals surface area contributed by atoms with Gasteiger partial charge in [-0.1, -0.05) is 6.92 Å². The largest absolute Gasteiger partial charge is 0.467 e. The summed E-state index contributed by atoms with van der Waals surface area (Å²) in [5.74, 6) is 0.427. The predicted octanol–water partition coefficient (Wildman–Crippen LogP) is 0.410. The fourth-order valence-corrected chi connectivity index (χ4v) is 0.941. The first-order valence-electron chi connectivity index (χ1n) is 4.54. The molecule has 0 aromatic carbocycles. The van der Waals surface area contributed by atoms with Crippen LogP contribution < -0.4 is 9.47 Å². The van der Waals surface area contributed by atoms with E-state index in [2.05, 4.69) is 15.0 Å². The maximum absolute atomic E-state index is 11.2. The van der Waals surface area contributed by atoms with Crippen molar-refractivity contribution >= 4 is 5.78 Å². The molecule has 0 unspecified atom stereocenters. The molecule has 0 aliphatic carbocycles. The van der Waals surface area contributed by atoms with Crippen molar-refractivity contribution < 1.29 is 14.3 Å². The highest BCUT2D eigenvalue weighted by molar-refractivity contribution is 5.79. The van der Waals surface area contributed by atoms with Crippen LogP contribution in [0.15, 0.2) is 0 Å². The highest BCUT2D eigenvalue weighted by Gasteiger charge is 2.09. The Morgan fingerprint density at radius 3 is 2.07 bits per heavy atom. The quantitative estimate of drug-likeness (QED) is 0.702. The summed E-state index contributed by atoms with van der Waals surface area (Å²) >= 11 is 0. The molecule has 0 aliphatic rings. The Labute approximate surface area is 87.7 Å². The summed E-state index contributed by atoms with van der Waals surface area (Å²) in [5.41, 5.74) is 0. The normalized spacial score (nSPS) is 9.80. The lowest BCUT2D eigenvalue weighted by molar-refractivity contribution is -0.118. The van der Waals surface area contributed by atoms with Crippen molar-refractivity contribution in [3.05, 3.63) is 5.82 Å². The minimum atomic E-state index is 0.0605. The number of methoxy groups -OCH3 is 2. The fourth-order valence-electron chi connectivity index (χ4n) is 0.941. The lowest BCUT2D eigenvalue weighted by atomic mass is 10.2. The molecule has 1 rings (SSSR count). The van der Waals surface area contributed by atoms with E-state index in [4.69, 9.17) is 9.47 Å². The Bertz CT molecular complexity index is 332. The third kappa shape index (κ3) is 3.16. The molecule has 0 saturated carbocycles. The van der Waals surface area contributed by atoms with E-state index < -0.39 is 0 Å². The average Bonchev–Trinajstić information content (AvgIpc) is 2.28. The summed E-state index contributed by atoms with van der Waals surface area (Å²) in [4.78, 5) is 22.9. The third-order valence-electron chi connectivity index (χ3n) is 1.76. The van der Waals surface area contributed by atoms with Crippen LogP contribution in [0, 0.1) is 0 Å². The van der Waals surface area contributed by atoms with E-state index in [0.717, 1.165) is 0 Å². The number of rotatable bonds is 5. The van der Waals surface area contributed by atoms with E-state index in [1.165, 1.54) is 14.2 Å². The summed E-state index contributed by atoms with van der Waals surface area (Å²) < 4.78 is 9.72. The molecule has 1 aromatic heterocycles. The second-order valence-electron chi connectivity index (χ2n) is 2.79. The second-order valence-corrected chi connectivity index (χ2v) is 2.79. The van der Waals surface area contributed by atoms with Crippen molar-refractivity contribution in [1.82, 2.24) is 15.0 Å². The molecular weight excluding hydrogens is 198 g/mol. The number of ether oxygens (including phenoxy) is 2. The van der Waals surface area contributed by atoms with Crippen LogP contribution >= 0.6 is 0 Å². The van der Waals surface area contributed by atoms with Crippen LogP contribution in [0.2, 0.25) is 0 Å². The van der Waals surface area contributed by atoms with Gasteiger partial charge in [-0.05, 0) is 0 Å². The molecule has 0 saturated heterocycles. The molecule has 0 fully saturated rings. The number of Topliss-reactive ketones (excluding diaryl/α,β-unsaturated/α-hetero) is 1. The van der Waals surface area contributed by atoms with Crippen LogP contribution in [0.1, 0.15) is 19.2 Å². The van der Waals surface area contributed by atoms with E-state index in [0.29, 0.717) is 12.2 Å². The zero-order valence-electron chi connectivity index (χ0n) is 8.98. The van der Waals surface area contributed by atoms with Gasteiger partial charge < -0.3 is 9.47 Å². The molecule has 0 bridgehead atoms. The van der Waals surface area contributed by atoms with Gasteiger partial charge in [-0.3, -0.25) is 4.79 Å². The van der Waals surface area contributed by atoms with E-state index in [1.807, 2.05) is 0 Å². The van der Waals surface area contributed by atoms with Gasteiger partial charge in [0, 0.05) is 6.42 Å². The van der Waals surface area contributed by atoms with Gasteiger partial charge in [-0.2, -0.15) is 9.97 Å². The van der Waals surface area contributed by atoms with Crippen molar-refractivity contribution in [2.45, 2.75) is 19.8 Å². The topological polar surface area (TPSA) is 74.2 Å². The zero-order chi connectivity index (χ0) is 11.3. The van der Waals surface area contributed by atoms with Gasteiger partial charge in [0.25, 0.3) is 0 Å². The fraction of sp³-hybridized carbons (Fsp3) is 0.556. The van der Waals surface area contributed by atoms with Gasteiger partial charge >= 0.3 is 12.0 Å². The average molecular weight is 211 g/mol. The number of nitrogens with zero attached hydrogens (tertiary/aromatic N) is 3. The van der Waals surface area contributed by atoms with Gasteiger partial charge in [-0.25, -0.2) is 0 Å². The van der Waals surface area contributed by atoms with Gasteiger partial charge in [0.2, 0.25) is 0 Å². The summed E-state index contributed by atoms with van der Waals surface area (Å²) in [5, 5.41) is 0. The first-order valence-corrected chi connectivity index (χ1v) is 4.54. The summed E-state index contributed by atoms with van der Waals surface area (Å²) in [6.45, 7) is 1.79. The van der Waals surface area contributed by atoms with Gasteiger partial charge in [0.15, 0.2) is 0 Å². The summed E-state index contributed by atoms with van der Waals surface area (Å²) in [7, 11) is 2.89. The maximum atomic E-state index is 11.2. The van der Waals surface area contributed by atoms with Crippen LogP contribution in [-0.4, -0.2) is 35.0 Å². The van der Waals surface area contributed by atoms with Crippen LogP contribution in [0.5, 0.6) is 12.0 Å². The molecule has 0 amide bonds. The van der Waals surface area contributed by atoms with Crippen molar-refractivity contribution in [2.24, 2.45) is 0 Å². The molecule has 0 N–H and O–H groups in total. The Morgan fingerprint density at radius 2 is 1.67 bits per heavy atom. The van der Waals surface area contributed by atoms with E-state index in [-0.39, 0.29) is 24.2 Å². The molecule has 6 nitrogen and oxygen atoms in total. The monoisotopic (exact) mass is 211 g/mol. The van der Waals surface area contributed by atoms with Crippen molar-refractivity contribution in [3.8, 4) is 12.0 Å². The van der Waals surface area contributed by atoms with Crippen LogP contribution in [0.4, 0.5) is 0 Å². The van der Waals surface area contributed by atoms with Crippen LogP contribution in [0.25, 0.3) is 0 Å². The number of carbonyl (C=O) groups excluding carboxylic acids is 1. The van der Waals surface area contributed by atoms with Crippen LogP contribution in [0.3, 0.4) is 0 Å². The molecular formula is C9H13N3O3. The van der Waals surface area contributed by atoms with Crippen LogP contribution in [-0.2, 0) is 11.2 Å². The van der Waals surface area contributed by atoms with Crippen molar-refractivity contribution in [1.29, 1.82) is 0 Å². The first kappa shape index (κ1) is 11.4. The predicted molar refractivity (Wildman–Crippen MR) is 51.9 cm³/mol. The molecule has 82 valence electrons. The minimum Gasteiger partial charge on any atom is -0.467 e. The number of hydrogen-bond donors (Lipinski definition) is 0. The van der Waals surface area contributed by atoms with E-state index in [9.17, 15) is 4.79 Å². The van der Waals surface area contributed by atoms with Gasteiger partial charge in [-0.15, -0.1) is 4.98 Å². The SMILES string of the molecule is CCC(=O)Cc1nc(OC)nc(OC)n1. The van der Waals surface area contributed by atoms with Crippen molar-refractivity contribution in [3.63, 3.8) is 0 Å². The first-order chi connectivity index (χ1) is 7.19. The minimum absolute atomic E-state index is 0.0605. The Hall–Kier alpha value is -1.72. The smallest absolute Gasteiger partial charge is 0.322 e. The Kier molecular flexibility index (Phi) is 3.96. The number of hydrogen-bond acceptors (Lipinski definition) is 6. The second kappa shape index (κ2) is 5.23. The van der Waals surface area contributed by atoms with Gasteiger partial charge in [0.05, 0.1) is 20.6 Å². The lowest BCUT2D eigenvalue weighted by Gasteiger charge is -2.03. The molecule has 1 aromatic rings. The summed E-state index contributed by atoms with van der Waals surface area (Å²) in [6.07, 6.45) is 0.627. The number of ketones is 1. The number of carbonyl (C=O) groups is 1. The van der Waals surface area contributed by atoms with E-state index >= 15 is 0 Å². The number of aromatic nitrogens is 3. The molecule has 1 heterocycles. The molecule has 0 aliphatic heterocycles. The molecule has 0 atom stereocenters. The highest BCUT2D eigenvalue weighted by Crippen LogP contribution is 2.09. The lowest BCUT2D eigenvalue weighted by Crippen LogP contribution is -2.08. The van der Waals surface area contributed by atoms with Crippen molar-refractivity contribution in [2.75, 3.05) is 14.2 Å². The summed E-state index contributed by atoms with van der Waals surface area (Å²) in [6, 6.07) is 0.307. The molecule has 0 radical (unpaired) electrons. The molecule has 6 heteroatoms. The Balaban J connectivity index is 2.91.